The van der Waals surface area contributed by atoms with Crippen molar-refractivity contribution >= 4 is 11.6 Å². The molecule has 0 saturated heterocycles. The lowest BCUT2D eigenvalue weighted by Crippen LogP contribution is -2.26. The van der Waals surface area contributed by atoms with Gasteiger partial charge in [-0.1, -0.05) is 6.07 Å². The van der Waals surface area contributed by atoms with Crippen molar-refractivity contribution in [2.24, 2.45) is 0 Å². The minimum absolute atomic E-state index is 0.0711. The summed E-state index contributed by atoms with van der Waals surface area (Å²) < 4.78 is 0. The van der Waals surface area contributed by atoms with Gasteiger partial charge in [0.05, 0.1) is 11.0 Å². The Morgan fingerprint density at radius 2 is 2.22 bits per heavy atom. The number of nitrogens with zero attached hydrogens (tertiary/aromatic N) is 1. The fourth-order valence-corrected chi connectivity index (χ4v) is 1.44. The van der Waals surface area contributed by atoms with Gasteiger partial charge in [0.2, 0.25) is 0 Å². The molecule has 0 saturated carbocycles. The van der Waals surface area contributed by atoms with Crippen LogP contribution in [-0.2, 0) is 0 Å². The lowest BCUT2D eigenvalue weighted by Gasteiger charge is -2.07. The van der Waals surface area contributed by atoms with Gasteiger partial charge in [-0.15, -0.1) is 0 Å². The van der Waals surface area contributed by atoms with Gasteiger partial charge in [0.15, 0.2) is 0 Å². The molecule has 0 bridgehead atoms. The molecule has 0 fully saturated rings. The summed E-state index contributed by atoms with van der Waals surface area (Å²) >= 11 is 0. The number of aliphatic hydroxyl groups is 1. The minimum atomic E-state index is -0.512. The lowest BCUT2D eigenvalue weighted by molar-refractivity contribution is -0.385. The molecular formula is C12H16N2O4. The Bertz CT molecular complexity index is 457. The van der Waals surface area contributed by atoms with Gasteiger partial charge in [-0.3, -0.25) is 14.9 Å². The molecule has 1 rings (SSSR count). The number of nitro groups is 1. The van der Waals surface area contributed by atoms with Crippen molar-refractivity contribution in [2.75, 3.05) is 6.54 Å². The molecule has 1 amide bonds. The molecule has 0 radical (unpaired) electrons. The monoisotopic (exact) mass is 252 g/mol. The average Bonchev–Trinajstić information content (AvgIpc) is 2.28. The molecule has 1 aromatic carbocycles. The summed E-state index contributed by atoms with van der Waals surface area (Å²) in [7, 11) is 0. The molecule has 6 nitrogen and oxygen atoms in total. The molecule has 0 spiro atoms. The molecule has 0 heterocycles. The third kappa shape index (κ3) is 3.81. The van der Waals surface area contributed by atoms with Crippen molar-refractivity contribution in [1.29, 1.82) is 0 Å². The number of nitro benzene ring substituents is 1. The summed E-state index contributed by atoms with van der Waals surface area (Å²) in [6, 6.07) is 4.34. The van der Waals surface area contributed by atoms with Crippen molar-refractivity contribution in [2.45, 2.75) is 26.4 Å². The summed E-state index contributed by atoms with van der Waals surface area (Å²) in [4.78, 5) is 21.9. The van der Waals surface area contributed by atoms with E-state index in [1.54, 1.807) is 26.0 Å². The van der Waals surface area contributed by atoms with Crippen molar-refractivity contribution in [3.05, 3.63) is 39.4 Å². The first-order chi connectivity index (χ1) is 8.41. The molecule has 18 heavy (non-hydrogen) atoms. The maximum Gasteiger partial charge on any atom is 0.273 e. The van der Waals surface area contributed by atoms with Crippen molar-refractivity contribution in [1.82, 2.24) is 5.32 Å². The van der Waals surface area contributed by atoms with Crippen LogP contribution in [0.3, 0.4) is 0 Å². The second-order valence-electron chi connectivity index (χ2n) is 4.15. The molecule has 1 atom stereocenters. The highest BCUT2D eigenvalue weighted by molar-refractivity contribution is 5.94. The second kappa shape index (κ2) is 6.11. The maximum absolute atomic E-state index is 11.7. The number of rotatable bonds is 5. The quantitative estimate of drug-likeness (QED) is 0.612. The number of aryl methyl sites for hydroxylation is 1. The predicted molar refractivity (Wildman–Crippen MR) is 66.5 cm³/mol. The van der Waals surface area contributed by atoms with E-state index in [1.807, 2.05) is 0 Å². The van der Waals surface area contributed by atoms with E-state index >= 15 is 0 Å². The van der Waals surface area contributed by atoms with E-state index in [4.69, 9.17) is 5.11 Å². The van der Waals surface area contributed by atoms with E-state index < -0.39 is 11.0 Å². The standard InChI is InChI=1S/C12H16N2O4/c1-8-3-4-10(7-11(8)14(17)18)12(16)13-6-5-9(2)15/h3-4,7,9,15H,5-6H2,1-2H3,(H,13,16). The number of aliphatic hydroxyl groups excluding tert-OH is 1. The number of carbonyl (C=O) groups excluding carboxylic acids is 1. The zero-order chi connectivity index (χ0) is 13.7. The number of amides is 1. The van der Waals surface area contributed by atoms with Crippen LogP contribution in [0.15, 0.2) is 18.2 Å². The van der Waals surface area contributed by atoms with Crippen LogP contribution in [0, 0.1) is 17.0 Å². The topological polar surface area (TPSA) is 92.5 Å². The first kappa shape index (κ1) is 14.1. The number of hydrogen-bond acceptors (Lipinski definition) is 4. The molecule has 0 aliphatic heterocycles. The Morgan fingerprint density at radius 1 is 1.56 bits per heavy atom. The maximum atomic E-state index is 11.7. The molecule has 1 aromatic rings. The van der Waals surface area contributed by atoms with Crippen LogP contribution in [0.4, 0.5) is 5.69 Å². The molecule has 98 valence electrons. The van der Waals surface area contributed by atoms with Crippen molar-refractivity contribution < 1.29 is 14.8 Å². The zero-order valence-corrected chi connectivity index (χ0v) is 10.3. The van der Waals surface area contributed by atoms with Crippen LogP contribution in [0.2, 0.25) is 0 Å². The number of hydrogen-bond donors (Lipinski definition) is 2. The SMILES string of the molecule is Cc1ccc(C(=O)NCCC(C)O)cc1[N+](=O)[O-]. The predicted octanol–water partition coefficient (Wildman–Crippen LogP) is 1.40. The third-order valence-electron chi connectivity index (χ3n) is 2.52. The van der Waals surface area contributed by atoms with Gasteiger partial charge in [0.1, 0.15) is 0 Å². The lowest BCUT2D eigenvalue weighted by atomic mass is 10.1. The van der Waals surface area contributed by atoms with Gasteiger partial charge in [-0.05, 0) is 26.3 Å². The molecule has 0 aliphatic carbocycles. The van der Waals surface area contributed by atoms with Crippen molar-refractivity contribution in [3.8, 4) is 0 Å². The minimum Gasteiger partial charge on any atom is -0.393 e. The van der Waals surface area contributed by atoms with Gasteiger partial charge in [0.25, 0.3) is 11.6 Å². The zero-order valence-electron chi connectivity index (χ0n) is 10.3. The van der Waals surface area contributed by atoms with Crippen LogP contribution in [0.5, 0.6) is 0 Å². The van der Waals surface area contributed by atoms with Crippen molar-refractivity contribution in [3.63, 3.8) is 0 Å². The highest BCUT2D eigenvalue weighted by Gasteiger charge is 2.14. The van der Waals surface area contributed by atoms with Crippen LogP contribution in [0.25, 0.3) is 0 Å². The third-order valence-corrected chi connectivity index (χ3v) is 2.52. The Hall–Kier alpha value is -1.95. The van der Waals surface area contributed by atoms with E-state index in [0.717, 1.165) is 0 Å². The second-order valence-corrected chi connectivity index (χ2v) is 4.15. The van der Waals surface area contributed by atoms with Crippen LogP contribution < -0.4 is 5.32 Å². The Kier molecular flexibility index (Phi) is 4.79. The Morgan fingerprint density at radius 3 is 2.78 bits per heavy atom. The molecule has 2 N–H and O–H groups in total. The smallest absolute Gasteiger partial charge is 0.273 e. The largest absolute Gasteiger partial charge is 0.393 e. The molecule has 0 aromatic heterocycles. The average molecular weight is 252 g/mol. The summed E-state index contributed by atoms with van der Waals surface area (Å²) in [5.41, 5.74) is 0.691. The van der Waals surface area contributed by atoms with E-state index in [1.165, 1.54) is 6.07 Å². The molecule has 0 aliphatic rings. The molecule has 1 unspecified atom stereocenters. The number of nitrogens with one attached hydrogen (secondary N) is 1. The summed E-state index contributed by atoms with van der Waals surface area (Å²) in [5.74, 6) is -0.376. The normalized spacial score (nSPS) is 11.9. The summed E-state index contributed by atoms with van der Waals surface area (Å²) in [6.07, 6.45) is -0.0441. The van der Waals surface area contributed by atoms with Gasteiger partial charge in [-0.2, -0.15) is 0 Å². The summed E-state index contributed by atoms with van der Waals surface area (Å²) in [6.45, 7) is 3.58. The van der Waals surface area contributed by atoms with Gasteiger partial charge >= 0.3 is 0 Å². The number of carbonyl (C=O) groups is 1. The fraction of sp³-hybridized carbons (Fsp3) is 0.417. The van der Waals surface area contributed by atoms with E-state index in [-0.39, 0.29) is 17.2 Å². The van der Waals surface area contributed by atoms with E-state index in [0.29, 0.717) is 18.5 Å². The van der Waals surface area contributed by atoms with Crippen LogP contribution in [0.1, 0.15) is 29.3 Å². The first-order valence-corrected chi connectivity index (χ1v) is 5.63. The summed E-state index contributed by atoms with van der Waals surface area (Å²) in [5, 5.41) is 22.4. The first-order valence-electron chi connectivity index (χ1n) is 5.63. The van der Waals surface area contributed by atoms with Gasteiger partial charge in [0, 0.05) is 23.7 Å². The van der Waals surface area contributed by atoms with Crippen LogP contribution in [-0.4, -0.2) is 28.6 Å². The van der Waals surface area contributed by atoms with Gasteiger partial charge < -0.3 is 10.4 Å². The number of benzene rings is 1. The highest BCUT2D eigenvalue weighted by Crippen LogP contribution is 2.19. The Balaban J connectivity index is 2.74. The van der Waals surface area contributed by atoms with E-state index in [2.05, 4.69) is 5.32 Å². The van der Waals surface area contributed by atoms with Gasteiger partial charge in [-0.25, -0.2) is 0 Å². The fourth-order valence-electron chi connectivity index (χ4n) is 1.44. The molecular weight excluding hydrogens is 236 g/mol. The highest BCUT2D eigenvalue weighted by atomic mass is 16.6. The molecule has 6 heteroatoms. The van der Waals surface area contributed by atoms with E-state index in [9.17, 15) is 14.9 Å². The van der Waals surface area contributed by atoms with Crippen LogP contribution >= 0.6 is 0 Å². The Labute approximate surface area is 105 Å².